The van der Waals surface area contributed by atoms with Gasteiger partial charge in [0, 0.05) is 29.8 Å². The Labute approximate surface area is 179 Å². The number of carbonyl (C=O) groups excluding carboxylic acids is 1. The van der Waals surface area contributed by atoms with Crippen molar-refractivity contribution in [3.05, 3.63) is 65.2 Å². The van der Waals surface area contributed by atoms with E-state index in [1.165, 1.54) is 17.3 Å². The number of nitrogens with zero attached hydrogens (tertiary/aromatic N) is 4. The van der Waals surface area contributed by atoms with Crippen molar-refractivity contribution in [3.63, 3.8) is 0 Å². The van der Waals surface area contributed by atoms with Crippen LogP contribution in [0.2, 0.25) is 5.02 Å². The Bertz CT molecular complexity index is 1000. The van der Waals surface area contributed by atoms with Crippen molar-refractivity contribution >= 4 is 35.0 Å². The first kappa shape index (κ1) is 21.1. The van der Waals surface area contributed by atoms with Gasteiger partial charge in [-0.2, -0.15) is 5.10 Å². The number of benzene rings is 2. The lowest BCUT2D eigenvalue weighted by Crippen LogP contribution is -2.22. The lowest BCUT2D eigenvalue weighted by atomic mass is 10.1. The summed E-state index contributed by atoms with van der Waals surface area (Å²) in [5, 5.41) is 14.0. The average molecular weight is 428 g/mol. The molecule has 1 amide bonds. The number of rotatable bonds is 8. The summed E-state index contributed by atoms with van der Waals surface area (Å²) >= 11 is 7.37. The first-order chi connectivity index (χ1) is 14.1. The van der Waals surface area contributed by atoms with E-state index in [1.807, 2.05) is 61.0 Å². The van der Waals surface area contributed by atoms with Gasteiger partial charge < -0.3 is 4.57 Å². The molecule has 0 unspecified atom stereocenters. The molecule has 0 aliphatic rings. The third-order valence-corrected chi connectivity index (χ3v) is 5.50. The molecular formula is C21H22ClN5OS. The summed E-state index contributed by atoms with van der Waals surface area (Å²) in [4.78, 5) is 12.2. The van der Waals surface area contributed by atoms with Gasteiger partial charge in [-0.1, -0.05) is 72.8 Å². The zero-order chi connectivity index (χ0) is 20.6. The Kier molecular flexibility index (Phi) is 7.43. The van der Waals surface area contributed by atoms with Gasteiger partial charge in [-0.15, -0.1) is 10.2 Å². The fraction of sp³-hybridized carbons (Fsp3) is 0.238. The Morgan fingerprint density at radius 2 is 1.97 bits per heavy atom. The van der Waals surface area contributed by atoms with Crippen molar-refractivity contribution in [2.75, 3.05) is 5.75 Å². The Hall–Kier alpha value is -2.64. The van der Waals surface area contributed by atoms with Crippen molar-refractivity contribution in [1.29, 1.82) is 0 Å². The number of nitrogens with one attached hydrogen (secondary N) is 1. The molecule has 8 heteroatoms. The summed E-state index contributed by atoms with van der Waals surface area (Å²) in [6.07, 6.45) is 1.49. The molecule has 2 aromatic carbocycles. The Morgan fingerprint density at radius 3 is 2.69 bits per heavy atom. The predicted molar refractivity (Wildman–Crippen MR) is 118 cm³/mol. The fourth-order valence-electron chi connectivity index (χ4n) is 2.70. The van der Waals surface area contributed by atoms with Gasteiger partial charge in [0.25, 0.3) is 5.91 Å². The molecule has 3 aromatic rings. The minimum atomic E-state index is -0.179. The van der Waals surface area contributed by atoms with Gasteiger partial charge in [-0.05, 0) is 24.1 Å². The fourth-order valence-corrected chi connectivity index (χ4v) is 3.59. The van der Waals surface area contributed by atoms with Gasteiger partial charge in [0.2, 0.25) is 0 Å². The van der Waals surface area contributed by atoms with Crippen LogP contribution < -0.4 is 5.43 Å². The third-order valence-electron chi connectivity index (χ3n) is 4.25. The summed E-state index contributed by atoms with van der Waals surface area (Å²) in [6, 6.07) is 17.5. The molecule has 6 nitrogen and oxygen atoms in total. The standard InChI is InChI=1S/C21H22ClN5OS/c1-3-18(12-15-8-5-4-6-9-15)23-24-19(28)14-29-21-26-25-20(27(21)2)16-10-7-11-17(22)13-16/h4-11,13H,3,12,14H2,1-2H3,(H,24,28). The molecule has 1 aromatic heterocycles. The summed E-state index contributed by atoms with van der Waals surface area (Å²) < 4.78 is 1.85. The summed E-state index contributed by atoms with van der Waals surface area (Å²) in [7, 11) is 1.86. The number of aromatic nitrogens is 3. The second kappa shape index (κ2) is 10.2. The van der Waals surface area contributed by atoms with Crippen molar-refractivity contribution < 1.29 is 4.79 Å². The first-order valence-corrected chi connectivity index (χ1v) is 10.6. The van der Waals surface area contributed by atoms with E-state index in [1.54, 1.807) is 0 Å². The van der Waals surface area contributed by atoms with Crippen LogP contribution in [-0.2, 0) is 18.3 Å². The minimum absolute atomic E-state index is 0.179. The van der Waals surface area contributed by atoms with Gasteiger partial charge in [0.1, 0.15) is 0 Å². The van der Waals surface area contributed by atoms with E-state index < -0.39 is 0 Å². The second-order valence-electron chi connectivity index (χ2n) is 6.39. The van der Waals surface area contributed by atoms with Gasteiger partial charge in [0.15, 0.2) is 11.0 Å². The van der Waals surface area contributed by atoms with E-state index in [4.69, 9.17) is 11.6 Å². The number of hydrazone groups is 1. The summed E-state index contributed by atoms with van der Waals surface area (Å²) in [6.45, 7) is 2.03. The lowest BCUT2D eigenvalue weighted by molar-refractivity contribution is -0.118. The largest absolute Gasteiger partial charge is 0.305 e. The molecule has 0 spiro atoms. The summed E-state index contributed by atoms with van der Waals surface area (Å²) in [5.74, 6) is 0.721. The Morgan fingerprint density at radius 1 is 1.17 bits per heavy atom. The maximum Gasteiger partial charge on any atom is 0.250 e. The molecule has 1 heterocycles. The minimum Gasteiger partial charge on any atom is -0.305 e. The molecule has 0 aliphatic carbocycles. The molecule has 0 bridgehead atoms. The van der Waals surface area contributed by atoms with Gasteiger partial charge >= 0.3 is 0 Å². The Balaban J connectivity index is 1.56. The van der Waals surface area contributed by atoms with Crippen LogP contribution in [0.1, 0.15) is 18.9 Å². The van der Waals surface area contributed by atoms with Crippen molar-refractivity contribution in [3.8, 4) is 11.4 Å². The van der Waals surface area contributed by atoms with E-state index in [-0.39, 0.29) is 11.7 Å². The van der Waals surface area contributed by atoms with E-state index >= 15 is 0 Å². The number of halogens is 1. The van der Waals surface area contributed by atoms with E-state index in [0.29, 0.717) is 16.0 Å². The maximum atomic E-state index is 12.2. The first-order valence-electron chi connectivity index (χ1n) is 9.23. The molecule has 1 N–H and O–H groups in total. The van der Waals surface area contributed by atoms with E-state index in [9.17, 15) is 4.79 Å². The zero-order valence-electron chi connectivity index (χ0n) is 16.3. The molecule has 0 atom stereocenters. The highest BCUT2D eigenvalue weighted by Gasteiger charge is 2.13. The molecule has 29 heavy (non-hydrogen) atoms. The van der Waals surface area contributed by atoms with Crippen LogP contribution in [0.15, 0.2) is 64.9 Å². The van der Waals surface area contributed by atoms with Crippen molar-refractivity contribution in [2.24, 2.45) is 12.1 Å². The SMILES string of the molecule is CCC(Cc1ccccc1)=NNC(=O)CSc1nnc(-c2cccc(Cl)c2)n1C. The number of hydrogen-bond donors (Lipinski definition) is 1. The highest BCUT2D eigenvalue weighted by molar-refractivity contribution is 7.99. The molecule has 150 valence electrons. The van der Waals surface area contributed by atoms with Crippen LogP contribution in [0.3, 0.4) is 0 Å². The number of thioether (sulfide) groups is 1. The third kappa shape index (κ3) is 5.92. The van der Waals surface area contributed by atoms with Crippen LogP contribution in [0, 0.1) is 0 Å². The average Bonchev–Trinajstić information content (AvgIpc) is 3.10. The monoisotopic (exact) mass is 427 g/mol. The quantitative estimate of drug-likeness (QED) is 0.329. The predicted octanol–water partition coefficient (Wildman–Crippen LogP) is 4.35. The van der Waals surface area contributed by atoms with Crippen molar-refractivity contribution in [1.82, 2.24) is 20.2 Å². The zero-order valence-corrected chi connectivity index (χ0v) is 17.9. The highest BCUT2D eigenvalue weighted by Crippen LogP contribution is 2.24. The van der Waals surface area contributed by atoms with Crippen LogP contribution >= 0.6 is 23.4 Å². The van der Waals surface area contributed by atoms with Crippen LogP contribution in [0.5, 0.6) is 0 Å². The van der Waals surface area contributed by atoms with E-state index in [2.05, 4.69) is 32.9 Å². The molecule has 3 rings (SSSR count). The van der Waals surface area contributed by atoms with Crippen LogP contribution in [-0.4, -0.2) is 32.1 Å². The van der Waals surface area contributed by atoms with E-state index in [0.717, 1.165) is 24.1 Å². The smallest absolute Gasteiger partial charge is 0.250 e. The molecule has 0 saturated carbocycles. The maximum absolute atomic E-state index is 12.2. The number of carbonyl (C=O) groups is 1. The molecular weight excluding hydrogens is 406 g/mol. The molecule has 0 aliphatic heterocycles. The van der Waals surface area contributed by atoms with Crippen LogP contribution in [0.4, 0.5) is 0 Å². The highest BCUT2D eigenvalue weighted by atomic mass is 35.5. The number of amides is 1. The molecule has 0 radical (unpaired) electrons. The summed E-state index contributed by atoms with van der Waals surface area (Å²) in [5.41, 5.74) is 5.62. The van der Waals surface area contributed by atoms with Crippen LogP contribution in [0.25, 0.3) is 11.4 Å². The van der Waals surface area contributed by atoms with Crippen molar-refractivity contribution in [2.45, 2.75) is 24.9 Å². The second-order valence-corrected chi connectivity index (χ2v) is 7.77. The van der Waals surface area contributed by atoms with Gasteiger partial charge in [-0.25, -0.2) is 5.43 Å². The van der Waals surface area contributed by atoms with Gasteiger partial charge in [0.05, 0.1) is 5.75 Å². The number of hydrogen-bond acceptors (Lipinski definition) is 5. The molecule has 0 fully saturated rings. The van der Waals surface area contributed by atoms with Gasteiger partial charge in [-0.3, -0.25) is 4.79 Å². The topological polar surface area (TPSA) is 72.2 Å². The molecule has 0 saturated heterocycles. The lowest BCUT2D eigenvalue weighted by Gasteiger charge is -2.06. The normalized spacial score (nSPS) is 11.5.